The molecular weight excluding hydrogens is 607 g/mol. The summed E-state index contributed by atoms with van der Waals surface area (Å²) in [4.78, 5) is 10.4. The number of rotatable bonds is 3. The lowest BCUT2D eigenvalue weighted by atomic mass is 9.65. The topological polar surface area (TPSA) is 30.7 Å². The van der Waals surface area contributed by atoms with Crippen molar-refractivity contribution < 1.29 is 0 Å². The minimum Gasteiger partial charge on any atom is -0.309 e. The summed E-state index contributed by atoms with van der Waals surface area (Å²) in [6, 6.07) is 63.5. The summed E-state index contributed by atoms with van der Waals surface area (Å²) in [6.45, 7) is 0. The first-order valence-corrected chi connectivity index (χ1v) is 17.2. The van der Waals surface area contributed by atoms with Crippen LogP contribution in [0, 0.1) is 0 Å². The van der Waals surface area contributed by atoms with Gasteiger partial charge in [0.15, 0.2) is 5.82 Å². The summed E-state index contributed by atoms with van der Waals surface area (Å²) in [5.41, 5.74) is 15.9. The van der Waals surface area contributed by atoms with E-state index in [0.717, 1.165) is 33.9 Å². The molecule has 0 radical (unpaired) electrons. The lowest BCUT2D eigenvalue weighted by Gasteiger charge is -2.39. The van der Waals surface area contributed by atoms with Gasteiger partial charge in [-0.15, -0.1) is 0 Å². The van der Waals surface area contributed by atoms with Crippen molar-refractivity contribution in [2.45, 2.75) is 5.41 Å². The fourth-order valence-corrected chi connectivity index (χ4v) is 8.88. The predicted molar refractivity (Wildman–Crippen MR) is 204 cm³/mol. The summed E-state index contributed by atoms with van der Waals surface area (Å²) >= 11 is 0. The maximum Gasteiger partial charge on any atom is 0.160 e. The molecule has 3 heteroatoms. The van der Waals surface area contributed by atoms with E-state index < -0.39 is 5.41 Å². The van der Waals surface area contributed by atoms with Gasteiger partial charge in [-0.2, -0.15) is 0 Å². The average molecular weight is 636 g/mol. The Bertz CT molecular complexity index is 2760. The van der Waals surface area contributed by atoms with Crippen molar-refractivity contribution in [3.8, 4) is 50.7 Å². The van der Waals surface area contributed by atoms with Gasteiger partial charge in [0.05, 0.1) is 33.5 Å². The first-order valence-electron chi connectivity index (χ1n) is 17.2. The Morgan fingerprint density at radius 3 is 1.88 bits per heavy atom. The number of para-hydroxylation sites is 3. The van der Waals surface area contributed by atoms with Gasteiger partial charge in [0.25, 0.3) is 0 Å². The van der Waals surface area contributed by atoms with E-state index in [1.54, 1.807) is 0 Å². The van der Waals surface area contributed by atoms with E-state index in [0.29, 0.717) is 0 Å². The average Bonchev–Trinajstić information content (AvgIpc) is 3.69. The molecule has 0 amide bonds. The fourth-order valence-electron chi connectivity index (χ4n) is 8.88. The molecule has 1 aliphatic heterocycles. The number of hydrogen-bond donors (Lipinski definition) is 0. The predicted octanol–water partition coefficient (Wildman–Crippen LogP) is 11.3. The second-order valence-corrected chi connectivity index (χ2v) is 13.3. The highest BCUT2D eigenvalue weighted by molar-refractivity contribution is 6.13. The molecule has 1 unspecified atom stereocenters. The number of aromatic nitrogens is 3. The van der Waals surface area contributed by atoms with Crippen LogP contribution in [-0.2, 0) is 5.41 Å². The quantitative estimate of drug-likeness (QED) is 0.193. The molecule has 7 aromatic carbocycles. The molecule has 9 aromatic rings. The van der Waals surface area contributed by atoms with Gasteiger partial charge in [-0.1, -0.05) is 158 Å². The van der Waals surface area contributed by atoms with E-state index in [4.69, 9.17) is 9.97 Å². The molecule has 0 saturated heterocycles. The van der Waals surface area contributed by atoms with Crippen LogP contribution in [-0.4, -0.2) is 14.5 Å². The lowest BCUT2D eigenvalue weighted by molar-refractivity contribution is 0.748. The maximum absolute atomic E-state index is 5.32. The Morgan fingerprint density at radius 1 is 0.420 bits per heavy atom. The molecule has 2 aromatic heterocycles. The SMILES string of the molecule is c1ccc(-c2cc(-c3cccc4c3-c3ccccc3C43c4ccccc4-n4c5ccccc5c5cccc3c54)nc(-c3ccccc3)n2)cc1. The van der Waals surface area contributed by atoms with Crippen molar-refractivity contribution in [3.63, 3.8) is 0 Å². The first kappa shape index (κ1) is 27.4. The maximum atomic E-state index is 5.32. The Hall–Kier alpha value is -6.58. The van der Waals surface area contributed by atoms with Gasteiger partial charge in [0.2, 0.25) is 0 Å². The molecule has 0 fully saturated rings. The third-order valence-corrected chi connectivity index (χ3v) is 10.8. The van der Waals surface area contributed by atoms with Gasteiger partial charge < -0.3 is 4.57 Å². The molecule has 1 spiro atoms. The van der Waals surface area contributed by atoms with Crippen LogP contribution in [0.4, 0.5) is 0 Å². The highest BCUT2D eigenvalue weighted by Crippen LogP contribution is 2.62. The van der Waals surface area contributed by atoms with Crippen LogP contribution in [0.3, 0.4) is 0 Å². The van der Waals surface area contributed by atoms with Gasteiger partial charge in [-0.05, 0) is 51.6 Å². The Balaban J connectivity index is 1.26. The van der Waals surface area contributed by atoms with E-state index in [1.807, 2.05) is 24.3 Å². The Morgan fingerprint density at radius 2 is 1.02 bits per heavy atom. The van der Waals surface area contributed by atoms with E-state index in [9.17, 15) is 0 Å². The molecule has 3 heterocycles. The summed E-state index contributed by atoms with van der Waals surface area (Å²) in [5.74, 6) is 0.720. The van der Waals surface area contributed by atoms with Crippen molar-refractivity contribution in [2.24, 2.45) is 0 Å². The highest BCUT2D eigenvalue weighted by Gasteiger charge is 2.51. The van der Waals surface area contributed by atoms with E-state index in [1.165, 1.54) is 60.9 Å². The number of hydrogen-bond acceptors (Lipinski definition) is 2. The molecule has 3 nitrogen and oxygen atoms in total. The van der Waals surface area contributed by atoms with Crippen LogP contribution in [0.15, 0.2) is 176 Å². The number of benzene rings is 7. The lowest BCUT2D eigenvalue weighted by Crippen LogP contribution is -2.33. The van der Waals surface area contributed by atoms with Crippen molar-refractivity contribution in [1.29, 1.82) is 0 Å². The molecule has 50 heavy (non-hydrogen) atoms. The normalized spacial score (nSPS) is 15.3. The van der Waals surface area contributed by atoms with Gasteiger partial charge in [-0.3, -0.25) is 0 Å². The Kier molecular flexibility index (Phi) is 5.59. The Labute approximate surface area is 289 Å². The molecule has 11 rings (SSSR count). The summed E-state index contributed by atoms with van der Waals surface area (Å²) in [6.07, 6.45) is 0. The van der Waals surface area contributed by atoms with Gasteiger partial charge >= 0.3 is 0 Å². The van der Waals surface area contributed by atoms with E-state index >= 15 is 0 Å². The second-order valence-electron chi connectivity index (χ2n) is 13.3. The van der Waals surface area contributed by atoms with Crippen LogP contribution >= 0.6 is 0 Å². The van der Waals surface area contributed by atoms with Crippen molar-refractivity contribution >= 4 is 21.8 Å². The first-order chi connectivity index (χ1) is 24.8. The minimum absolute atomic E-state index is 0.514. The van der Waals surface area contributed by atoms with E-state index in [2.05, 4.69) is 156 Å². The zero-order valence-corrected chi connectivity index (χ0v) is 27.1. The zero-order chi connectivity index (χ0) is 32.8. The van der Waals surface area contributed by atoms with Crippen molar-refractivity contribution in [3.05, 3.63) is 198 Å². The monoisotopic (exact) mass is 635 g/mol. The minimum atomic E-state index is -0.514. The standard InChI is InChI=1S/C47H29N3/c1-3-15-30(16-4-1)40-29-41(49-46(48-40)31-17-5-2-6-18-31)35-22-14-25-38-44(35)34-20-7-9-23-36(34)47(38)37-24-10-12-28-43(37)50-42-27-11-8-19-32(42)33-21-13-26-39(47)45(33)50/h1-29H. The molecule has 0 bridgehead atoms. The molecule has 1 atom stereocenters. The molecule has 1 aliphatic carbocycles. The van der Waals surface area contributed by atoms with Crippen molar-refractivity contribution in [2.75, 3.05) is 0 Å². The molecule has 0 saturated carbocycles. The third-order valence-electron chi connectivity index (χ3n) is 10.8. The molecule has 2 aliphatic rings. The van der Waals surface area contributed by atoms with Crippen LogP contribution in [0.1, 0.15) is 22.3 Å². The van der Waals surface area contributed by atoms with Crippen LogP contribution in [0.5, 0.6) is 0 Å². The summed E-state index contributed by atoms with van der Waals surface area (Å²) < 4.78 is 2.49. The molecule has 0 N–H and O–H groups in total. The molecular formula is C47H29N3. The van der Waals surface area contributed by atoms with Gasteiger partial charge in [0.1, 0.15) is 0 Å². The largest absolute Gasteiger partial charge is 0.309 e. The zero-order valence-electron chi connectivity index (χ0n) is 27.1. The van der Waals surface area contributed by atoms with Gasteiger partial charge in [0, 0.05) is 27.5 Å². The number of nitrogens with zero attached hydrogens (tertiary/aromatic N) is 3. The van der Waals surface area contributed by atoms with E-state index in [-0.39, 0.29) is 0 Å². The van der Waals surface area contributed by atoms with Crippen LogP contribution < -0.4 is 0 Å². The van der Waals surface area contributed by atoms with Gasteiger partial charge in [-0.25, -0.2) is 9.97 Å². The smallest absolute Gasteiger partial charge is 0.160 e. The number of fused-ring (bicyclic) bond motifs is 12. The van der Waals surface area contributed by atoms with Crippen LogP contribution in [0.25, 0.3) is 72.5 Å². The second kappa shape index (κ2) is 10.2. The highest BCUT2D eigenvalue weighted by atomic mass is 15.0. The molecule has 232 valence electrons. The third kappa shape index (κ3) is 3.53. The summed E-state index contributed by atoms with van der Waals surface area (Å²) in [5, 5.41) is 2.56. The van der Waals surface area contributed by atoms with Crippen molar-refractivity contribution in [1.82, 2.24) is 14.5 Å². The summed E-state index contributed by atoms with van der Waals surface area (Å²) in [7, 11) is 0. The van der Waals surface area contributed by atoms with Crippen LogP contribution in [0.2, 0.25) is 0 Å². The fraction of sp³-hybridized carbons (Fsp3) is 0.0213.